The van der Waals surface area contributed by atoms with Crippen LogP contribution in [0.25, 0.3) is 0 Å². The highest BCUT2D eigenvalue weighted by molar-refractivity contribution is 5.88. The Kier molecular flexibility index (Phi) is 16.5. The van der Waals surface area contributed by atoms with Crippen LogP contribution in [0.2, 0.25) is 0 Å². The van der Waals surface area contributed by atoms with Crippen LogP contribution < -0.4 is 5.32 Å². The molecule has 0 aliphatic carbocycles. The molecular weight excluding hydrogens is 476 g/mol. The predicted molar refractivity (Wildman–Crippen MR) is 130 cm³/mol. The van der Waals surface area contributed by atoms with Gasteiger partial charge in [-0.25, -0.2) is 0 Å². The lowest BCUT2D eigenvalue weighted by Gasteiger charge is -2.33. The van der Waals surface area contributed by atoms with Crippen LogP contribution in [-0.2, 0) is 38.1 Å². The lowest BCUT2D eigenvalue weighted by molar-refractivity contribution is -0.139. The molecular formula is C24H44N2O10. The van der Waals surface area contributed by atoms with Gasteiger partial charge in [0.1, 0.15) is 6.04 Å². The Hall–Kier alpha value is -1.83. The third-order valence-corrected chi connectivity index (χ3v) is 5.32. The van der Waals surface area contributed by atoms with Crippen molar-refractivity contribution in [2.75, 3.05) is 79.2 Å². The molecule has 0 aromatic heterocycles. The SMILES string of the molecule is CC(C)(C)[C@H](NC(=O)CCOCCOCCOCCOCCOCCC(=O)O)C(=O)N1CC[C@@H](O)C1. The van der Waals surface area contributed by atoms with Crippen LogP contribution in [0.3, 0.4) is 0 Å². The lowest BCUT2D eigenvalue weighted by Crippen LogP contribution is -2.54. The van der Waals surface area contributed by atoms with Crippen molar-refractivity contribution in [3.05, 3.63) is 0 Å². The molecule has 210 valence electrons. The first-order valence-corrected chi connectivity index (χ1v) is 12.5. The molecule has 12 heteroatoms. The number of rotatable bonds is 20. The summed E-state index contributed by atoms with van der Waals surface area (Å²) in [6.07, 6.45) is 0.170. The third kappa shape index (κ3) is 15.3. The van der Waals surface area contributed by atoms with Crippen molar-refractivity contribution >= 4 is 17.8 Å². The number of amides is 2. The second kappa shape index (κ2) is 18.4. The van der Waals surface area contributed by atoms with Crippen molar-refractivity contribution in [2.24, 2.45) is 5.41 Å². The van der Waals surface area contributed by atoms with E-state index < -0.39 is 23.5 Å². The molecule has 0 saturated carbocycles. The van der Waals surface area contributed by atoms with E-state index in [1.807, 2.05) is 20.8 Å². The number of likely N-dealkylation sites (tertiary alicyclic amines) is 1. The fraction of sp³-hybridized carbons (Fsp3) is 0.875. The molecule has 2 atom stereocenters. The average Bonchev–Trinajstić information content (AvgIpc) is 3.24. The van der Waals surface area contributed by atoms with Gasteiger partial charge >= 0.3 is 5.97 Å². The molecule has 12 nitrogen and oxygen atoms in total. The van der Waals surface area contributed by atoms with E-state index in [1.165, 1.54) is 0 Å². The van der Waals surface area contributed by atoms with Crippen molar-refractivity contribution < 1.29 is 48.3 Å². The van der Waals surface area contributed by atoms with Crippen LogP contribution in [0.5, 0.6) is 0 Å². The average molecular weight is 521 g/mol. The number of nitrogens with one attached hydrogen (secondary N) is 1. The van der Waals surface area contributed by atoms with E-state index >= 15 is 0 Å². The first kappa shape index (κ1) is 32.2. The Morgan fingerprint density at radius 3 is 1.67 bits per heavy atom. The fourth-order valence-electron chi connectivity index (χ4n) is 3.31. The highest BCUT2D eigenvalue weighted by Gasteiger charge is 2.37. The van der Waals surface area contributed by atoms with Gasteiger partial charge in [0.25, 0.3) is 0 Å². The molecule has 1 heterocycles. The number of nitrogens with zero attached hydrogens (tertiary/aromatic N) is 1. The zero-order chi connectivity index (χ0) is 26.8. The van der Waals surface area contributed by atoms with Crippen molar-refractivity contribution in [2.45, 2.75) is 52.2 Å². The quantitative estimate of drug-likeness (QED) is 0.188. The summed E-state index contributed by atoms with van der Waals surface area (Å²) < 4.78 is 26.6. The highest BCUT2D eigenvalue weighted by atomic mass is 16.6. The number of aliphatic hydroxyl groups excluding tert-OH is 1. The van der Waals surface area contributed by atoms with Crippen LogP contribution in [-0.4, -0.2) is 124 Å². The standard InChI is InChI=1S/C24H44N2O10/c1-24(2,3)22(23(31)26-7-4-19(27)18-26)25-20(28)5-8-32-10-12-34-14-16-36-17-15-35-13-11-33-9-6-21(29)30/h19,22,27H,4-18H2,1-3H3,(H,25,28)(H,29,30)/t19-,22-/m1/s1. The molecule has 1 aliphatic heterocycles. The van der Waals surface area contributed by atoms with Crippen LogP contribution in [0.4, 0.5) is 0 Å². The smallest absolute Gasteiger partial charge is 0.305 e. The van der Waals surface area contributed by atoms with Crippen molar-refractivity contribution in [1.29, 1.82) is 0 Å². The number of carboxylic acids is 1. The van der Waals surface area contributed by atoms with Gasteiger partial charge < -0.3 is 44.1 Å². The molecule has 1 rings (SSSR count). The van der Waals surface area contributed by atoms with Gasteiger partial charge in [-0.3, -0.25) is 14.4 Å². The molecule has 0 unspecified atom stereocenters. The van der Waals surface area contributed by atoms with Gasteiger partial charge in [0.2, 0.25) is 11.8 Å². The summed E-state index contributed by atoms with van der Waals surface area (Å²) in [6, 6.07) is -0.666. The molecule has 1 aliphatic rings. The number of carboxylic acid groups (broad SMARTS) is 1. The van der Waals surface area contributed by atoms with Gasteiger partial charge in [-0.05, 0) is 11.8 Å². The summed E-state index contributed by atoms with van der Waals surface area (Å²) in [5.41, 5.74) is -0.457. The van der Waals surface area contributed by atoms with Crippen molar-refractivity contribution in [3.63, 3.8) is 0 Å². The van der Waals surface area contributed by atoms with Crippen molar-refractivity contribution in [3.8, 4) is 0 Å². The molecule has 0 bridgehead atoms. The number of aliphatic carboxylic acids is 1. The summed E-state index contributed by atoms with van der Waals surface area (Å²) >= 11 is 0. The van der Waals surface area contributed by atoms with Crippen LogP contribution in [0, 0.1) is 5.41 Å². The van der Waals surface area contributed by atoms with Gasteiger partial charge in [-0.1, -0.05) is 20.8 Å². The zero-order valence-electron chi connectivity index (χ0n) is 21.9. The van der Waals surface area contributed by atoms with Gasteiger partial charge in [0.05, 0.1) is 78.6 Å². The second-order valence-corrected chi connectivity index (χ2v) is 9.55. The molecule has 36 heavy (non-hydrogen) atoms. The van der Waals surface area contributed by atoms with E-state index in [2.05, 4.69) is 5.32 Å². The third-order valence-electron chi connectivity index (χ3n) is 5.32. The minimum atomic E-state index is -0.888. The summed E-state index contributed by atoms with van der Waals surface area (Å²) in [7, 11) is 0. The lowest BCUT2D eigenvalue weighted by atomic mass is 9.85. The topological polar surface area (TPSA) is 153 Å². The molecule has 0 aromatic rings. The van der Waals surface area contributed by atoms with Crippen molar-refractivity contribution in [1.82, 2.24) is 10.2 Å². The number of hydrogen-bond acceptors (Lipinski definition) is 9. The molecule has 1 saturated heterocycles. The Morgan fingerprint density at radius 2 is 1.28 bits per heavy atom. The number of hydrogen-bond donors (Lipinski definition) is 3. The van der Waals surface area contributed by atoms with Crippen LogP contribution in [0.15, 0.2) is 0 Å². The molecule has 2 amide bonds. The first-order chi connectivity index (χ1) is 17.1. The Labute approximate surface area is 213 Å². The number of carbonyl (C=O) groups excluding carboxylic acids is 2. The minimum absolute atomic E-state index is 0.0183. The summed E-state index contributed by atoms with van der Waals surface area (Å²) in [5, 5.41) is 21.0. The molecule has 1 fully saturated rings. The van der Waals surface area contributed by atoms with E-state index in [9.17, 15) is 19.5 Å². The molecule has 0 radical (unpaired) electrons. The van der Waals surface area contributed by atoms with Gasteiger partial charge in [0, 0.05) is 19.5 Å². The monoisotopic (exact) mass is 520 g/mol. The maximum atomic E-state index is 12.8. The molecule has 0 aromatic carbocycles. The second-order valence-electron chi connectivity index (χ2n) is 9.55. The number of ether oxygens (including phenoxy) is 5. The van der Waals surface area contributed by atoms with E-state index in [4.69, 9.17) is 28.8 Å². The summed E-state index contributed by atoms with van der Waals surface area (Å²) in [5.74, 6) is -1.32. The predicted octanol–water partition coefficient (Wildman–Crippen LogP) is 0.0583. The Balaban J connectivity index is 1.98. The number of carbonyl (C=O) groups is 3. The normalized spacial score (nSPS) is 16.8. The number of aliphatic hydroxyl groups is 1. The van der Waals surface area contributed by atoms with Gasteiger partial charge in [0.15, 0.2) is 0 Å². The van der Waals surface area contributed by atoms with E-state index in [0.717, 1.165) is 0 Å². The Bertz CT molecular complexity index is 641. The minimum Gasteiger partial charge on any atom is -0.481 e. The molecule has 3 N–H and O–H groups in total. The summed E-state index contributed by atoms with van der Waals surface area (Å²) in [4.78, 5) is 37.1. The largest absolute Gasteiger partial charge is 0.481 e. The summed E-state index contributed by atoms with van der Waals surface area (Å²) in [6.45, 7) is 9.97. The molecule has 0 spiro atoms. The Morgan fingerprint density at radius 1 is 0.833 bits per heavy atom. The van der Waals surface area contributed by atoms with E-state index in [-0.39, 0.29) is 37.9 Å². The van der Waals surface area contributed by atoms with E-state index in [1.54, 1.807) is 4.90 Å². The van der Waals surface area contributed by atoms with Crippen LogP contribution in [0.1, 0.15) is 40.0 Å². The maximum absolute atomic E-state index is 12.8. The maximum Gasteiger partial charge on any atom is 0.305 e. The van der Waals surface area contributed by atoms with Gasteiger partial charge in [-0.2, -0.15) is 0 Å². The van der Waals surface area contributed by atoms with E-state index in [0.29, 0.717) is 72.4 Å². The fourth-order valence-corrected chi connectivity index (χ4v) is 3.31. The van der Waals surface area contributed by atoms with Crippen LogP contribution >= 0.6 is 0 Å². The number of β-amino-alcohol motifs (C(OH)–C–C–N with tert-alkyl or cyclic N) is 1. The highest BCUT2D eigenvalue weighted by Crippen LogP contribution is 2.23. The zero-order valence-corrected chi connectivity index (χ0v) is 21.9. The van der Waals surface area contributed by atoms with Gasteiger partial charge in [-0.15, -0.1) is 0 Å². The first-order valence-electron chi connectivity index (χ1n) is 12.5.